The molecule has 3 nitrogen and oxygen atoms in total. The minimum Gasteiger partial charge on any atom is -0.478 e. The van der Waals surface area contributed by atoms with Gasteiger partial charge in [0, 0.05) is 4.90 Å². The van der Waals surface area contributed by atoms with Crippen LogP contribution < -0.4 is 4.74 Å². The van der Waals surface area contributed by atoms with Gasteiger partial charge in [0.1, 0.15) is 11.3 Å². The van der Waals surface area contributed by atoms with Crippen LogP contribution in [0.3, 0.4) is 0 Å². The predicted octanol–water partition coefficient (Wildman–Crippen LogP) is 5.08. The number of rotatable bonds is 5. The summed E-state index contributed by atoms with van der Waals surface area (Å²) in [5, 5.41) is 9.28. The molecular weight excluding hydrogens is 315 g/mol. The third kappa shape index (κ3) is 3.49. The highest BCUT2D eigenvalue weighted by Gasteiger charge is 2.19. The van der Waals surface area contributed by atoms with E-state index in [1.807, 2.05) is 6.92 Å². The van der Waals surface area contributed by atoms with Crippen LogP contribution in [0.25, 0.3) is 0 Å². The van der Waals surface area contributed by atoms with E-state index in [2.05, 4.69) is 0 Å². The molecular formula is C15H12ClFO3S. The van der Waals surface area contributed by atoms with Gasteiger partial charge in [-0.2, -0.15) is 0 Å². The second-order valence-corrected chi connectivity index (χ2v) is 5.73. The molecule has 0 saturated carbocycles. The summed E-state index contributed by atoms with van der Waals surface area (Å²) in [6.07, 6.45) is 0. The maximum absolute atomic E-state index is 13.9. The van der Waals surface area contributed by atoms with E-state index in [1.54, 1.807) is 12.1 Å². The largest absolute Gasteiger partial charge is 0.478 e. The zero-order chi connectivity index (χ0) is 15.4. The maximum atomic E-state index is 13.9. The lowest BCUT2D eigenvalue weighted by Crippen LogP contribution is -2.03. The number of carboxylic acid groups (broad SMARTS) is 1. The van der Waals surface area contributed by atoms with Gasteiger partial charge in [-0.25, -0.2) is 9.18 Å². The fourth-order valence-electron chi connectivity index (χ4n) is 1.76. The predicted molar refractivity (Wildman–Crippen MR) is 81.3 cm³/mol. The summed E-state index contributed by atoms with van der Waals surface area (Å²) >= 11 is 7.07. The molecule has 0 atom stereocenters. The summed E-state index contributed by atoms with van der Waals surface area (Å²) < 4.78 is 19.3. The molecule has 0 spiro atoms. The van der Waals surface area contributed by atoms with Crippen molar-refractivity contribution in [3.05, 3.63) is 52.8 Å². The summed E-state index contributed by atoms with van der Waals surface area (Å²) in [5.41, 5.74) is 0.0173. The number of halogens is 2. The maximum Gasteiger partial charge on any atom is 0.340 e. The number of ether oxygens (including phenoxy) is 1. The van der Waals surface area contributed by atoms with Crippen molar-refractivity contribution in [3.63, 3.8) is 0 Å². The Morgan fingerprint density at radius 1 is 1.29 bits per heavy atom. The van der Waals surface area contributed by atoms with Gasteiger partial charge in [0.15, 0.2) is 11.6 Å². The highest BCUT2D eigenvalue weighted by Crippen LogP contribution is 2.35. The van der Waals surface area contributed by atoms with Gasteiger partial charge in [-0.15, -0.1) is 11.8 Å². The Morgan fingerprint density at radius 2 is 1.95 bits per heavy atom. The standard InChI is InChI=1S/C15H12ClFO3S/c1-2-21-12-8-4-6-10(13(12)15(18)19)20-11-7-3-5-9(16)14(11)17/h3-8H,2H2,1H3,(H,18,19). The SMILES string of the molecule is CCSc1cccc(Oc2cccc(Cl)c2F)c1C(=O)O. The van der Waals surface area contributed by atoms with Gasteiger partial charge < -0.3 is 9.84 Å². The van der Waals surface area contributed by atoms with Gasteiger partial charge in [-0.05, 0) is 30.0 Å². The molecule has 2 aromatic rings. The van der Waals surface area contributed by atoms with E-state index in [-0.39, 0.29) is 22.1 Å². The molecule has 2 aromatic carbocycles. The number of carbonyl (C=O) groups is 1. The zero-order valence-corrected chi connectivity index (χ0v) is 12.7. The number of hydrogen-bond acceptors (Lipinski definition) is 3. The normalized spacial score (nSPS) is 10.4. The van der Waals surface area contributed by atoms with Crippen molar-refractivity contribution < 1.29 is 19.0 Å². The summed E-state index contributed by atoms with van der Waals surface area (Å²) in [6.45, 7) is 1.92. The summed E-state index contributed by atoms with van der Waals surface area (Å²) in [7, 11) is 0. The molecule has 0 aliphatic rings. The van der Waals surface area contributed by atoms with Crippen LogP contribution >= 0.6 is 23.4 Å². The number of benzene rings is 2. The van der Waals surface area contributed by atoms with Crippen LogP contribution in [0.15, 0.2) is 41.3 Å². The average molecular weight is 327 g/mol. The smallest absolute Gasteiger partial charge is 0.340 e. The van der Waals surface area contributed by atoms with Crippen molar-refractivity contribution in [1.82, 2.24) is 0 Å². The summed E-state index contributed by atoms with van der Waals surface area (Å²) in [5.74, 6) is -1.14. The molecule has 110 valence electrons. The Bertz CT molecular complexity index is 676. The van der Waals surface area contributed by atoms with Gasteiger partial charge in [-0.1, -0.05) is 30.7 Å². The number of hydrogen-bond donors (Lipinski definition) is 1. The van der Waals surface area contributed by atoms with Crippen LogP contribution in [-0.4, -0.2) is 16.8 Å². The summed E-state index contributed by atoms with van der Waals surface area (Å²) in [4.78, 5) is 12.0. The lowest BCUT2D eigenvalue weighted by atomic mass is 10.2. The second-order valence-electron chi connectivity index (χ2n) is 4.02. The van der Waals surface area contributed by atoms with Crippen molar-refractivity contribution in [2.45, 2.75) is 11.8 Å². The lowest BCUT2D eigenvalue weighted by molar-refractivity contribution is 0.0690. The molecule has 0 aliphatic carbocycles. The van der Waals surface area contributed by atoms with E-state index >= 15 is 0 Å². The quantitative estimate of drug-likeness (QED) is 0.778. The van der Waals surface area contributed by atoms with Crippen molar-refractivity contribution in [2.75, 3.05) is 5.75 Å². The van der Waals surface area contributed by atoms with Crippen LogP contribution in [0.2, 0.25) is 5.02 Å². The topological polar surface area (TPSA) is 46.5 Å². The van der Waals surface area contributed by atoms with Gasteiger partial charge >= 0.3 is 5.97 Å². The number of aromatic carboxylic acids is 1. The first-order valence-electron chi connectivity index (χ1n) is 6.15. The first kappa shape index (κ1) is 15.7. The van der Waals surface area contributed by atoms with Crippen LogP contribution in [0.5, 0.6) is 11.5 Å². The van der Waals surface area contributed by atoms with E-state index in [0.717, 1.165) is 5.75 Å². The Kier molecular flexibility index (Phi) is 5.09. The number of thioether (sulfide) groups is 1. The number of carboxylic acids is 1. The average Bonchev–Trinajstić information content (AvgIpc) is 2.44. The molecule has 2 rings (SSSR count). The molecule has 0 fully saturated rings. The second kappa shape index (κ2) is 6.83. The van der Waals surface area contributed by atoms with Crippen molar-refractivity contribution in [2.24, 2.45) is 0 Å². The van der Waals surface area contributed by atoms with Crippen molar-refractivity contribution >= 4 is 29.3 Å². The Balaban J connectivity index is 2.46. The Hall–Kier alpha value is -1.72. The molecule has 0 bridgehead atoms. The van der Waals surface area contributed by atoms with Gasteiger partial charge in [0.2, 0.25) is 0 Å². The molecule has 6 heteroatoms. The molecule has 0 unspecified atom stereocenters. The van der Waals surface area contributed by atoms with Crippen molar-refractivity contribution in [1.29, 1.82) is 0 Å². The van der Waals surface area contributed by atoms with E-state index in [1.165, 1.54) is 36.0 Å². The molecule has 0 radical (unpaired) electrons. The highest BCUT2D eigenvalue weighted by molar-refractivity contribution is 7.99. The third-order valence-electron chi connectivity index (χ3n) is 2.64. The van der Waals surface area contributed by atoms with Crippen LogP contribution in [-0.2, 0) is 0 Å². The van der Waals surface area contributed by atoms with Crippen LogP contribution in [0.4, 0.5) is 4.39 Å². The van der Waals surface area contributed by atoms with E-state index in [0.29, 0.717) is 4.90 Å². The van der Waals surface area contributed by atoms with E-state index < -0.39 is 11.8 Å². The van der Waals surface area contributed by atoms with E-state index in [9.17, 15) is 14.3 Å². The van der Waals surface area contributed by atoms with Crippen LogP contribution in [0, 0.1) is 5.82 Å². The highest BCUT2D eigenvalue weighted by atomic mass is 35.5. The molecule has 0 amide bonds. The lowest BCUT2D eigenvalue weighted by Gasteiger charge is -2.12. The molecule has 1 N–H and O–H groups in total. The van der Waals surface area contributed by atoms with Crippen LogP contribution in [0.1, 0.15) is 17.3 Å². The first-order chi connectivity index (χ1) is 10.0. The van der Waals surface area contributed by atoms with E-state index in [4.69, 9.17) is 16.3 Å². The molecule has 0 aliphatic heterocycles. The Morgan fingerprint density at radius 3 is 2.62 bits per heavy atom. The van der Waals surface area contributed by atoms with Gasteiger partial charge in [-0.3, -0.25) is 0 Å². The Labute approximate surface area is 130 Å². The fourth-order valence-corrected chi connectivity index (χ4v) is 2.75. The molecule has 0 heterocycles. The monoisotopic (exact) mass is 326 g/mol. The third-order valence-corrected chi connectivity index (χ3v) is 3.87. The minimum absolute atomic E-state index is 0.0173. The van der Waals surface area contributed by atoms with Gasteiger partial charge in [0.05, 0.1) is 5.02 Å². The molecule has 21 heavy (non-hydrogen) atoms. The minimum atomic E-state index is -1.12. The molecule has 0 aromatic heterocycles. The first-order valence-corrected chi connectivity index (χ1v) is 7.52. The van der Waals surface area contributed by atoms with Crippen molar-refractivity contribution in [3.8, 4) is 11.5 Å². The zero-order valence-electron chi connectivity index (χ0n) is 11.1. The molecule has 0 saturated heterocycles. The summed E-state index contributed by atoms with van der Waals surface area (Å²) in [6, 6.07) is 9.17. The fraction of sp³-hybridized carbons (Fsp3) is 0.133. The van der Waals surface area contributed by atoms with Gasteiger partial charge in [0.25, 0.3) is 0 Å².